The van der Waals surface area contributed by atoms with E-state index in [0.29, 0.717) is 11.3 Å². The molecule has 1 N–H and O–H groups in total. The molecule has 0 aliphatic carbocycles. The highest BCUT2D eigenvalue weighted by molar-refractivity contribution is 9.10. The fourth-order valence-electron chi connectivity index (χ4n) is 3.14. The lowest BCUT2D eigenvalue weighted by Gasteiger charge is -2.25. The summed E-state index contributed by atoms with van der Waals surface area (Å²) in [5.74, 6) is -0.138. The Morgan fingerprint density at radius 3 is 2.62 bits per heavy atom. The van der Waals surface area contributed by atoms with Crippen LogP contribution in [-0.2, 0) is 4.79 Å². The normalized spacial score (nSPS) is 16.9. The third kappa shape index (κ3) is 3.67. The van der Waals surface area contributed by atoms with Gasteiger partial charge in [-0.1, -0.05) is 34.1 Å². The molecule has 0 spiro atoms. The molecule has 4 nitrogen and oxygen atoms in total. The van der Waals surface area contributed by atoms with Crippen molar-refractivity contribution in [2.75, 3.05) is 11.9 Å². The topological polar surface area (TPSA) is 49.4 Å². The van der Waals surface area contributed by atoms with Crippen LogP contribution in [0.15, 0.2) is 53.0 Å². The Balaban J connectivity index is 1.83. The van der Waals surface area contributed by atoms with Crippen molar-refractivity contribution in [1.29, 1.82) is 0 Å². The predicted octanol–water partition coefficient (Wildman–Crippen LogP) is 4.38. The zero-order chi connectivity index (χ0) is 17.1. The number of anilines is 1. The highest BCUT2D eigenvalue weighted by Crippen LogP contribution is 2.33. The highest BCUT2D eigenvalue weighted by Gasteiger charge is 2.30. The molecule has 5 heteroatoms. The van der Waals surface area contributed by atoms with E-state index in [2.05, 4.69) is 33.4 Å². The monoisotopic (exact) mass is 386 g/mol. The largest absolute Gasteiger partial charge is 0.332 e. The molecule has 0 aromatic heterocycles. The van der Waals surface area contributed by atoms with Crippen LogP contribution in [0.2, 0.25) is 0 Å². The fourth-order valence-corrected chi connectivity index (χ4v) is 3.40. The average Bonchev–Trinajstić information content (AvgIpc) is 3.04. The van der Waals surface area contributed by atoms with E-state index in [1.807, 2.05) is 17.0 Å². The standard InChI is InChI=1S/C19H19BrN2O2/c1-13(23)21-17-5-2-4-15(12-17)19(24)22-11-3-6-18(22)14-7-9-16(20)10-8-14/h2,4-5,7-10,12,18H,3,6,11H2,1H3,(H,21,23)/t18-/m1/s1. The average molecular weight is 387 g/mol. The minimum absolute atomic E-state index is 0.00706. The number of halogens is 1. The highest BCUT2D eigenvalue weighted by atomic mass is 79.9. The van der Waals surface area contributed by atoms with E-state index < -0.39 is 0 Å². The maximum atomic E-state index is 12.9. The molecule has 0 saturated carbocycles. The van der Waals surface area contributed by atoms with E-state index in [-0.39, 0.29) is 17.9 Å². The van der Waals surface area contributed by atoms with Crippen LogP contribution in [0.1, 0.15) is 41.7 Å². The maximum absolute atomic E-state index is 12.9. The van der Waals surface area contributed by atoms with Crippen LogP contribution in [0.5, 0.6) is 0 Å². The van der Waals surface area contributed by atoms with E-state index in [0.717, 1.165) is 29.4 Å². The van der Waals surface area contributed by atoms with Gasteiger partial charge in [-0.15, -0.1) is 0 Å². The molecule has 2 aromatic carbocycles. The third-order valence-corrected chi connectivity index (χ3v) is 4.73. The number of nitrogens with one attached hydrogen (secondary N) is 1. The zero-order valence-electron chi connectivity index (χ0n) is 13.5. The van der Waals surface area contributed by atoms with Gasteiger partial charge in [-0.05, 0) is 48.7 Å². The van der Waals surface area contributed by atoms with Gasteiger partial charge in [0.05, 0.1) is 6.04 Å². The van der Waals surface area contributed by atoms with E-state index in [1.165, 1.54) is 6.92 Å². The Hall–Kier alpha value is -2.14. The minimum atomic E-state index is -0.145. The predicted molar refractivity (Wildman–Crippen MR) is 97.9 cm³/mol. The summed E-state index contributed by atoms with van der Waals surface area (Å²) < 4.78 is 1.03. The van der Waals surface area contributed by atoms with Gasteiger partial charge in [0.1, 0.15) is 0 Å². The van der Waals surface area contributed by atoms with Crippen molar-refractivity contribution in [2.45, 2.75) is 25.8 Å². The SMILES string of the molecule is CC(=O)Nc1cccc(C(=O)N2CCC[C@@H]2c2ccc(Br)cc2)c1. The lowest BCUT2D eigenvalue weighted by atomic mass is 10.0. The quantitative estimate of drug-likeness (QED) is 0.850. The fraction of sp³-hybridized carbons (Fsp3) is 0.263. The van der Waals surface area contributed by atoms with Crippen molar-refractivity contribution in [3.8, 4) is 0 Å². The van der Waals surface area contributed by atoms with E-state index in [4.69, 9.17) is 0 Å². The molecule has 1 saturated heterocycles. The van der Waals surface area contributed by atoms with Gasteiger partial charge in [-0.3, -0.25) is 9.59 Å². The van der Waals surface area contributed by atoms with E-state index in [9.17, 15) is 9.59 Å². The molecule has 24 heavy (non-hydrogen) atoms. The second-order valence-electron chi connectivity index (χ2n) is 5.97. The molecule has 1 heterocycles. The maximum Gasteiger partial charge on any atom is 0.254 e. The van der Waals surface area contributed by atoms with Crippen LogP contribution in [0, 0.1) is 0 Å². The first kappa shape index (κ1) is 16.7. The zero-order valence-corrected chi connectivity index (χ0v) is 15.0. The van der Waals surface area contributed by atoms with Crippen LogP contribution in [0.3, 0.4) is 0 Å². The summed E-state index contributed by atoms with van der Waals surface area (Å²) in [5, 5.41) is 2.72. The van der Waals surface area contributed by atoms with Crippen LogP contribution in [0.25, 0.3) is 0 Å². The number of hydrogen-bond donors (Lipinski definition) is 1. The second-order valence-corrected chi connectivity index (χ2v) is 6.89. The molecule has 3 rings (SSSR count). The Bertz CT molecular complexity index is 758. The van der Waals surface area contributed by atoms with Crippen molar-refractivity contribution in [3.63, 3.8) is 0 Å². The third-order valence-electron chi connectivity index (χ3n) is 4.20. The van der Waals surface area contributed by atoms with Gasteiger partial charge >= 0.3 is 0 Å². The van der Waals surface area contributed by atoms with Crippen LogP contribution < -0.4 is 5.32 Å². The Morgan fingerprint density at radius 1 is 1.17 bits per heavy atom. The van der Waals surface area contributed by atoms with Crippen molar-refractivity contribution in [2.24, 2.45) is 0 Å². The van der Waals surface area contributed by atoms with Crippen molar-refractivity contribution < 1.29 is 9.59 Å². The lowest BCUT2D eigenvalue weighted by Crippen LogP contribution is -2.30. The number of rotatable bonds is 3. The van der Waals surface area contributed by atoms with Gasteiger partial charge in [0.25, 0.3) is 5.91 Å². The smallest absolute Gasteiger partial charge is 0.254 e. The molecular weight excluding hydrogens is 368 g/mol. The Kier molecular flexibility index (Phi) is 5.00. The van der Waals surface area contributed by atoms with Crippen molar-refractivity contribution in [3.05, 3.63) is 64.1 Å². The van der Waals surface area contributed by atoms with Gasteiger partial charge in [0.2, 0.25) is 5.91 Å². The van der Waals surface area contributed by atoms with Gasteiger partial charge in [0.15, 0.2) is 0 Å². The summed E-state index contributed by atoms with van der Waals surface area (Å²) in [5.41, 5.74) is 2.40. The van der Waals surface area contributed by atoms with Gasteiger partial charge in [-0.25, -0.2) is 0 Å². The van der Waals surface area contributed by atoms with Gasteiger partial charge in [0, 0.05) is 29.2 Å². The number of amides is 2. The molecule has 2 aromatic rings. The summed E-state index contributed by atoms with van der Waals surface area (Å²) in [7, 11) is 0. The summed E-state index contributed by atoms with van der Waals surface area (Å²) in [6, 6.07) is 15.4. The van der Waals surface area contributed by atoms with Gasteiger partial charge < -0.3 is 10.2 Å². The Morgan fingerprint density at radius 2 is 1.92 bits per heavy atom. The number of benzene rings is 2. The number of carbonyl (C=O) groups is 2. The molecular formula is C19H19BrN2O2. The molecule has 1 fully saturated rings. The lowest BCUT2D eigenvalue weighted by molar-refractivity contribution is -0.114. The molecule has 0 bridgehead atoms. The van der Waals surface area contributed by atoms with E-state index in [1.54, 1.807) is 24.3 Å². The first-order valence-electron chi connectivity index (χ1n) is 7.98. The van der Waals surface area contributed by atoms with Crippen LogP contribution in [0.4, 0.5) is 5.69 Å². The summed E-state index contributed by atoms with van der Waals surface area (Å²) in [6.07, 6.45) is 1.97. The number of hydrogen-bond acceptors (Lipinski definition) is 2. The summed E-state index contributed by atoms with van der Waals surface area (Å²) in [6.45, 7) is 2.21. The summed E-state index contributed by atoms with van der Waals surface area (Å²) in [4.78, 5) is 26.1. The Labute approximate surface area is 150 Å². The van der Waals surface area contributed by atoms with Crippen LogP contribution in [-0.4, -0.2) is 23.3 Å². The number of carbonyl (C=O) groups excluding carboxylic acids is 2. The van der Waals surface area contributed by atoms with Gasteiger partial charge in [-0.2, -0.15) is 0 Å². The van der Waals surface area contributed by atoms with E-state index >= 15 is 0 Å². The molecule has 1 aliphatic heterocycles. The minimum Gasteiger partial charge on any atom is -0.332 e. The van der Waals surface area contributed by atoms with Crippen molar-refractivity contribution in [1.82, 2.24) is 4.90 Å². The second kappa shape index (κ2) is 7.18. The number of likely N-dealkylation sites (tertiary alicyclic amines) is 1. The first-order valence-corrected chi connectivity index (χ1v) is 8.78. The molecule has 124 valence electrons. The van der Waals surface area contributed by atoms with Crippen LogP contribution >= 0.6 is 15.9 Å². The molecule has 0 unspecified atom stereocenters. The molecule has 1 aliphatic rings. The molecule has 0 radical (unpaired) electrons. The van der Waals surface area contributed by atoms with Crippen molar-refractivity contribution >= 4 is 33.4 Å². The first-order chi connectivity index (χ1) is 11.5. The summed E-state index contributed by atoms with van der Waals surface area (Å²) >= 11 is 3.45. The number of nitrogens with zero attached hydrogens (tertiary/aromatic N) is 1. The molecule has 1 atom stereocenters. The molecule has 2 amide bonds.